The maximum Gasteiger partial charge on any atom is 0.472 e. The van der Waals surface area contributed by atoms with Crippen LogP contribution >= 0.6 is 7.82 Å². The molecule has 2 atom stereocenters. The molecule has 0 amide bonds. The molecule has 1 unspecified atom stereocenters. The van der Waals surface area contributed by atoms with Crippen molar-refractivity contribution in [3.63, 3.8) is 0 Å². The minimum atomic E-state index is -4.09. The van der Waals surface area contributed by atoms with Gasteiger partial charge in [0.05, 0.1) is 34.4 Å². The van der Waals surface area contributed by atoms with Crippen molar-refractivity contribution in [1.82, 2.24) is 0 Å². The second-order valence-corrected chi connectivity index (χ2v) is 6.38. The Morgan fingerprint density at radius 3 is 2.33 bits per heavy atom. The predicted molar refractivity (Wildman–Crippen MR) is 67.1 cm³/mol. The largest absolute Gasteiger partial charge is 0.472 e. The molecule has 0 fully saturated rings. The summed E-state index contributed by atoms with van der Waals surface area (Å²) in [6.45, 7) is 2.72. The molecule has 0 aromatic carbocycles. The molecule has 110 valence electrons. The number of rotatable bonds is 10. The van der Waals surface area contributed by atoms with E-state index in [2.05, 4.69) is 4.52 Å². The van der Waals surface area contributed by atoms with Crippen LogP contribution in [0, 0.1) is 0 Å². The van der Waals surface area contributed by atoms with Gasteiger partial charge in [-0.15, -0.1) is 0 Å². The van der Waals surface area contributed by atoms with Gasteiger partial charge in [0, 0.05) is 6.61 Å². The van der Waals surface area contributed by atoms with Crippen LogP contribution < -0.4 is 0 Å². The van der Waals surface area contributed by atoms with Gasteiger partial charge in [0.2, 0.25) is 0 Å². The van der Waals surface area contributed by atoms with E-state index in [9.17, 15) is 14.6 Å². The zero-order valence-corrected chi connectivity index (χ0v) is 12.4. The lowest BCUT2D eigenvalue weighted by atomic mass is 10.4. The second-order valence-electron chi connectivity index (χ2n) is 4.92. The topological polar surface area (TPSA) is 85.2 Å². The molecule has 2 N–H and O–H groups in total. The number of hydrogen-bond acceptors (Lipinski definition) is 5. The number of phosphoric acid groups is 1. The van der Waals surface area contributed by atoms with Gasteiger partial charge in [-0.2, -0.15) is 0 Å². The quantitative estimate of drug-likeness (QED) is 0.441. The number of aliphatic hydroxyl groups excluding tert-OH is 1. The summed E-state index contributed by atoms with van der Waals surface area (Å²) in [6, 6.07) is 0. The molecule has 18 heavy (non-hydrogen) atoms. The zero-order valence-electron chi connectivity index (χ0n) is 11.5. The van der Waals surface area contributed by atoms with E-state index >= 15 is 0 Å². The van der Waals surface area contributed by atoms with Crippen LogP contribution in [0.25, 0.3) is 0 Å². The summed E-state index contributed by atoms with van der Waals surface area (Å²) in [6.07, 6.45) is -0.938. The van der Waals surface area contributed by atoms with E-state index in [0.29, 0.717) is 17.6 Å². The van der Waals surface area contributed by atoms with Crippen LogP contribution in [-0.2, 0) is 18.3 Å². The molecule has 0 aliphatic rings. The van der Waals surface area contributed by atoms with Crippen molar-refractivity contribution in [2.24, 2.45) is 0 Å². The van der Waals surface area contributed by atoms with Crippen molar-refractivity contribution in [2.45, 2.75) is 13.0 Å². The number of nitrogens with zero attached hydrogens (tertiary/aromatic N) is 1. The van der Waals surface area contributed by atoms with Crippen molar-refractivity contribution >= 4 is 7.82 Å². The molecule has 7 nitrogen and oxygen atoms in total. The molecule has 8 heteroatoms. The predicted octanol–water partition coefficient (Wildman–Crippen LogP) is 0.224. The van der Waals surface area contributed by atoms with Gasteiger partial charge < -0.3 is 19.2 Å². The monoisotopic (exact) mass is 286 g/mol. The molecule has 0 saturated heterocycles. The van der Waals surface area contributed by atoms with Crippen LogP contribution in [-0.4, -0.2) is 74.7 Å². The average Bonchev–Trinajstić information content (AvgIpc) is 2.21. The summed E-state index contributed by atoms with van der Waals surface area (Å²) in [5.41, 5.74) is 0. The average molecular weight is 286 g/mol. The Hall–Kier alpha value is -0.0100. The first-order valence-corrected chi connectivity index (χ1v) is 7.34. The highest BCUT2D eigenvalue weighted by atomic mass is 31.2. The number of phosphoric ester groups is 1. The Bertz CT molecular complexity index is 268. The summed E-state index contributed by atoms with van der Waals surface area (Å²) in [7, 11) is 1.74. The van der Waals surface area contributed by atoms with Crippen LogP contribution in [0.1, 0.15) is 6.92 Å². The van der Waals surface area contributed by atoms with Crippen molar-refractivity contribution < 1.29 is 32.8 Å². The fraction of sp³-hybridized carbons (Fsp3) is 1.00. The third-order valence-electron chi connectivity index (χ3n) is 1.96. The smallest absolute Gasteiger partial charge is 0.388 e. The highest BCUT2D eigenvalue weighted by molar-refractivity contribution is 7.47. The third-order valence-corrected chi connectivity index (χ3v) is 2.95. The fourth-order valence-corrected chi connectivity index (χ4v) is 1.70. The van der Waals surface area contributed by atoms with Crippen molar-refractivity contribution in [1.29, 1.82) is 0 Å². The summed E-state index contributed by atoms with van der Waals surface area (Å²) in [5, 5.41) is 9.36. The first kappa shape index (κ1) is 18.0. The van der Waals surface area contributed by atoms with Gasteiger partial charge in [-0.1, -0.05) is 0 Å². The molecular formula is C10H25NO6P+. The van der Waals surface area contributed by atoms with Gasteiger partial charge in [-0.3, -0.25) is 9.05 Å². The first-order chi connectivity index (χ1) is 8.16. The molecule has 0 aromatic heterocycles. The third kappa shape index (κ3) is 11.1. The molecule has 0 aromatic rings. The molecule has 0 heterocycles. The van der Waals surface area contributed by atoms with E-state index in [-0.39, 0.29) is 19.8 Å². The van der Waals surface area contributed by atoms with Crippen LogP contribution in [0.2, 0.25) is 0 Å². The molecule has 0 saturated carbocycles. The lowest BCUT2D eigenvalue weighted by molar-refractivity contribution is -0.870. The van der Waals surface area contributed by atoms with Crippen LogP contribution in [0.3, 0.4) is 0 Å². The number of aliphatic hydroxyl groups is 1. The van der Waals surface area contributed by atoms with E-state index < -0.39 is 13.9 Å². The Morgan fingerprint density at radius 2 is 1.83 bits per heavy atom. The standard InChI is InChI=1S/C10H24NO6P/c1-5-15-8-10(12)9-17-18(13,14)16-7-6-11(2,3)4/h10,12H,5-9H2,1-4H3/p+1/t10-/m1/s1. The minimum Gasteiger partial charge on any atom is -0.388 e. The second kappa shape index (κ2) is 8.22. The Morgan fingerprint density at radius 1 is 1.22 bits per heavy atom. The fourth-order valence-electron chi connectivity index (χ4n) is 0.950. The van der Waals surface area contributed by atoms with Crippen molar-refractivity contribution in [3.05, 3.63) is 0 Å². The number of hydrogen-bond donors (Lipinski definition) is 2. The van der Waals surface area contributed by atoms with Crippen LogP contribution in [0.5, 0.6) is 0 Å². The minimum absolute atomic E-state index is 0.0649. The molecule has 0 aliphatic carbocycles. The zero-order chi connectivity index (χ0) is 14.2. The number of ether oxygens (including phenoxy) is 1. The molecule has 0 radical (unpaired) electrons. The maximum absolute atomic E-state index is 11.4. The Labute approximate surface area is 108 Å². The normalized spacial score (nSPS) is 17.4. The molecule has 0 bridgehead atoms. The number of quaternary nitrogens is 1. The molecule has 0 aliphatic heterocycles. The molecular weight excluding hydrogens is 261 g/mol. The van der Waals surface area contributed by atoms with E-state index in [1.807, 2.05) is 21.1 Å². The SMILES string of the molecule is CCOC[C@@H](O)COP(=O)(O)OCC[N+](C)(C)C. The summed E-state index contributed by atoms with van der Waals surface area (Å²) < 4.78 is 26.4. The van der Waals surface area contributed by atoms with Crippen molar-refractivity contribution in [3.8, 4) is 0 Å². The van der Waals surface area contributed by atoms with E-state index in [1.165, 1.54) is 0 Å². The molecule has 0 spiro atoms. The Balaban J connectivity index is 3.83. The summed E-state index contributed by atoms with van der Waals surface area (Å²) >= 11 is 0. The highest BCUT2D eigenvalue weighted by Crippen LogP contribution is 2.43. The van der Waals surface area contributed by atoms with Crippen LogP contribution in [0.4, 0.5) is 0 Å². The lowest BCUT2D eigenvalue weighted by Crippen LogP contribution is -2.37. The van der Waals surface area contributed by atoms with E-state index in [4.69, 9.17) is 9.26 Å². The van der Waals surface area contributed by atoms with E-state index in [0.717, 1.165) is 0 Å². The highest BCUT2D eigenvalue weighted by Gasteiger charge is 2.23. The van der Waals surface area contributed by atoms with Gasteiger partial charge in [-0.25, -0.2) is 4.57 Å². The van der Waals surface area contributed by atoms with Crippen LogP contribution in [0.15, 0.2) is 0 Å². The van der Waals surface area contributed by atoms with Crippen molar-refractivity contribution in [2.75, 3.05) is 54.1 Å². The lowest BCUT2D eigenvalue weighted by Gasteiger charge is -2.24. The number of likely N-dealkylation sites (N-methyl/N-ethyl adjacent to an activating group) is 1. The molecule has 0 rings (SSSR count). The van der Waals surface area contributed by atoms with Gasteiger partial charge in [0.15, 0.2) is 0 Å². The van der Waals surface area contributed by atoms with Gasteiger partial charge >= 0.3 is 7.82 Å². The van der Waals surface area contributed by atoms with Gasteiger partial charge in [-0.05, 0) is 6.92 Å². The van der Waals surface area contributed by atoms with Gasteiger partial charge in [0.25, 0.3) is 0 Å². The van der Waals surface area contributed by atoms with E-state index in [1.54, 1.807) is 6.92 Å². The summed E-state index contributed by atoms with van der Waals surface area (Å²) in [5.74, 6) is 0. The summed E-state index contributed by atoms with van der Waals surface area (Å²) in [4.78, 5) is 9.34. The Kier molecular flexibility index (Phi) is 8.21. The maximum atomic E-state index is 11.4. The first-order valence-electron chi connectivity index (χ1n) is 5.84. The van der Waals surface area contributed by atoms with Gasteiger partial charge in [0.1, 0.15) is 19.3 Å².